The molecule has 0 saturated carbocycles. The Kier molecular flexibility index (Phi) is 6.04. The monoisotopic (exact) mass is 432 g/mol. The topological polar surface area (TPSA) is 85.8 Å². The number of carbonyl (C=O) groups excluding carboxylic acids is 2. The van der Waals surface area contributed by atoms with Crippen LogP contribution in [0.5, 0.6) is 5.75 Å². The molecule has 1 fully saturated rings. The van der Waals surface area contributed by atoms with Gasteiger partial charge >= 0.3 is 0 Å². The summed E-state index contributed by atoms with van der Waals surface area (Å²) in [6, 6.07) is 12.2. The van der Waals surface area contributed by atoms with Crippen LogP contribution in [-0.4, -0.2) is 36.9 Å². The first-order valence-electron chi connectivity index (χ1n) is 10.8. The molecule has 32 heavy (non-hydrogen) atoms. The molecule has 166 valence electrons. The van der Waals surface area contributed by atoms with Gasteiger partial charge in [-0.3, -0.25) is 9.59 Å². The number of hydrogen-bond donors (Lipinski definition) is 1. The number of benzene rings is 2. The zero-order valence-electron chi connectivity index (χ0n) is 18.7. The average Bonchev–Trinajstić information content (AvgIpc) is 3.21. The van der Waals surface area contributed by atoms with E-state index in [0.717, 1.165) is 33.2 Å². The molecular formula is C26H28N2O4. The molecule has 1 aliphatic heterocycles. The number of aryl methyl sites for hydroxylation is 1. The van der Waals surface area contributed by atoms with E-state index in [1.807, 2.05) is 19.1 Å². The van der Waals surface area contributed by atoms with Crippen molar-refractivity contribution in [2.24, 2.45) is 11.7 Å². The third-order valence-corrected chi connectivity index (χ3v) is 6.23. The van der Waals surface area contributed by atoms with Gasteiger partial charge in [0.25, 0.3) is 0 Å². The largest absolute Gasteiger partial charge is 0.496 e. The van der Waals surface area contributed by atoms with E-state index < -0.39 is 0 Å². The normalized spacial score (nSPS) is 15.2. The van der Waals surface area contributed by atoms with Crippen molar-refractivity contribution < 1.29 is 18.7 Å². The van der Waals surface area contributed by atoms with Gasteiger partial charge < -0.3 is 19.8 Å². The van der Waals surface area contributed by atoms with Crippen LogP contribution in [0.4, 0.5) is 0 Å². The van der Waals surface area contributed by atoms with E-state index >= 15 is 0 Å². The minimum Gasteiger partial charge on any atom is -0.496 e. The summed E-state index contributed by atoms with van der Waals surface area (Å²) in [5, 5.41) is 0.965. The molecule has 1 aromatic heterocycles. The first kappa shape index (κ1) is 21.7. The standard InChI is InChI=1S/C26H28N2O4/c1-16-4-6-18(7-5-16)22-15-32-24-14-23(31-3)20(13-21(22)24)17(2)12-25(29)28-10-8-19(9-11-28)26(27)30/h4-7,12-15,19H,8-11H2,1-3H3,(H2,27,30)/b17-12+. The number of likely N-dealkylation sites (tertiary alicyclic amines) is 1. The van der Waals surface area contributed by atoms with Crippen molar-refractivity contribution in [3.05, 3.63) is 59.9 Å². The summed E-state index contributed by atoms with van der Waals surface area (Å²) in [4.78, 5) is 26.0. The Morgan fingerprint density at radius 1 is 1.16 bits per heavy atom. The Morgan fingerprint density at radius 2 is 1.84 bits per heavy atom. The van der Waals surface area contributed by atoms with Crippen LogP contribution < -0.4 is 10.5 Å². The fourth-order valence-electron chi connectivity index (χ4n) is 4.23. The maximum Gasteiger partial charge on any atom is 0.246 e. The highest BCUT2D eigenvalue weighted by molar-refractivity contribution is 6.00. The summed E-state index contributed by atoms with van der Waals surface area (Å²) < 4.78 is 11.4. The lowest BCUT2D eigenvalue weighted by molar-refractivity contribution is -0.130. The molecule has 0 spiro atoms. The molecule has 1 aliphatic rings. The van der Waals surface area contributed by atoms with Crippen molar-refractivity contribution in [1.29, 1.82) is 0 Å². The van der Waals surface area contributed by atoms with Gasteiger partial charge in [0.05, 0.1) is 13.4 Å². The maximum atomic E-state index is 12.9. The van der Waals surface area contributed by atoms with Crippen LogP contribution in [0.3, 0.4) is 0 Å². The third kappa shape index (κ3) is 4.26. The molecule has 0 aliphatic carbocycles. The molecule has 6 heteroatoms. The van der Waals surface area contributed by atoms with E-state index in [1.165, 1.54) is 5.56 Å². The molecule has 0 radical (unpaired) electrons. The maximum absolute atomic E-state index is 12.9. The van der Waals surface area contributed by atoms with Gasteiger partial charge in [0.1, 0.15) is 11.3 Å². The molecule has 0 unspecified atom stereocenters. The summed E-state index contributed by atoms with van der Waals surface area (Å²) in [5.41, 5.74) is 11.0. The van der Waals surface area contributed by atoms with E-state index in [4.69, 9.17) is 14.9 Å². The van der Waals surface area contributed by atoms with E-state index in [1.54, 1.807) is 24.3 Å². The number of nitrogens with zero attached hydrogens (tertiary/aromatic N) is 1. The van der Waals surface area contributed by atoms with E-state index in [0.29, 0.717) is 31.7 Å². The Labute approximate surface area is 187 Å². The van der Waals surface area contributed by atoms with Crippen molar-refractivity contribution >= 4 is 28.4 Å². The molecule has 1 saturated heterocycles. The quantitative estimate of drug-likeness (QED) is 0.600. The predicted molar refractivity (Wildman–Crippen MR) is 125 cm³/mol. The summed E-state index contributed by atoms with van der Waals surface area (Å²) in [5.74, 6) is 0.147. The van der Waals surface area contributed by atoms with Gasteiger partial charge in [-0.2, -0.15) is 0 Å². The zero-order chi connectivity index (χ0) is 22.8. The lowest BCUT2D eigenvalue weighted by Crippen LogP contribution is -2.41. The predicted octanol–water partition coefficient (Wildman–Crippen LogP) is 4.54. The first-order chi connectivity index (χ1) is 15.4. The number of nitrogens with two attached hydrogens (primary N) is 1. The number of carbonyl (C=O) groups is 2. The number of hydrogen-bond acceptors (Lipinski definition) is 4. The van der Waals surface area contributed by atoms with Crippen LogP contribution in [0.1, 0.15) is 30.9 Å². The lowest BCUT2D eigenvalue weighted by atomic mass is 9.96. The highest BCUT2D eigenvalue weighted by atomic mass is 16.5. The van der Waals surface area contributed by atoms with Gasteiger partial charge in [0, 0.05) is 47.7 Å². The molecule has 2 aromatic carbocycles. The van der Waals surface area contributed by atoms with Gasteiger partial charge in [0.15, 0.2) is 0 Å². The lowest BCUT2D eigenvalue weighted by Gasteiger charge is -2.30. The second-order valence-electron chi connectivity index (χ2n) is 8.39. The second-order valence-corrected chi connectivity index (χ2v) is 8.39. The molecule has 2 heterocycles. The van der Waals surface area contributed by atoms with Crippen LogP contribution >= 0.6 is 0 Å². The Morgan fingerprint density at radius 3 is 2.47 bits per heavy atom. The Bertz CT molecular complexity index is 1180. The zero-order valence-corrected chi connectivity index (χ0v) is 18.7. The molecule has 0 atom stereocenters. The van der Waals surface area contributed by atoms with Gasteiger partial charge in [-0.25, -0.2) is 0 Å². The molecule has 6 nitrogen and oxygen atoms in total. The number of allylic oxidation sites excluding steroid dienone is 1. The SMILES string of the molecule is COc1cc2occ(-c3ccc(C)cc3)c2cc1/C(C)=C/C(=O)N1CCC(C(N)=O)CC1. The van der Waals surface area contributed by atoms with Gasteiger partial charge in [-0.15, -0.1) is 0 Å². The number of ether oxygens (including phenoxy) is 1. The van der Waals surface area contributed by atoms with Crippen molar-refractivity contribution in [2.75, 3.05) is 20.2 Å². The number of primary amides is 1. The van der Waals surface area contributed by atoms with Crippen LogP contribution in [0, 0.1) is 12.8 Å². The number of rotatable bonds is 5. The van der Waals surface area contributed by atoms with Crippen molar-refractivity contribution in [1.82, 2.24) is 4.90 Å². The van der Waals surface area contributed by atoms with E-state index in [9.17, 15) is 9.59 Å². The van der Waals surface area contributed by atoms with Gasteiger partial charge in [-0.05, 0) is 43.9 Å². The van der Waals surface area contributed by atoms with Crippen LogP contribution in [0.25, 0.3) is 27.7 Å². The van der Waals surface area contributed by atoms with Crippen molar-refractivity contribution in [3.8, 4) is 16.9 Å². The molecule has 2 amide bonds. The minimum atomic E-state index is -0.286. The number of amides is 2. The molecular weight excluding hydrogens is 404 g/mol. The minimum absolute atomic E-state index is 0.0708. The van der Waals surface area contributed by atoms with Gasteiger partial charge in [-0.1, -0.05) is 29.8 Å². The van der Waals surface area contributed by atoms with E-state index in [-0.39, 0.29) is 17.7 Å². The number of furan rings is 1. The van der Waals surface area contributed by atoms with Crippen LogP contribution in [0.2, 0.25) is 0 Å². The second kappa shape index (κ2) is 8.91. The molecule has 3 aromatic rings. The first-order valence-corrected chi connectivity index (χ1v) is 10.8. The molecule has 0 bridgehead atoms. The highest BCUT2D eigenvalue weighted by Crippen LogP contribution is 2.37. The summed E-state index contributed by atoms with van der Waals surface area (Å²) in [7, 11) is 1.61. The smallest absolute Gasteiger partial charge is 0.246 e. The number of piperidine rings is 1. The van der Waals surface area contributed by atoms with Crippen LogP contribution in [0.15, 0.2) is 53.2 Å². The third-order valence-electron chi connectivity index (χ3n) is 6.23. The molecule has 2 N–H and O–H groups in total. The van der Waals surface area contributed by atoms with Crippen molar-refractivity contribution in [2.45, 2.75) is 26.7 Å². The number of methoxy groups -OCH3 is 1. The van der Waals surface area contributed by atoms with Crippen molar-refractivity contribution in [3.63, 3.8) is 0 Å². The molecule has 4 rings (SSSR count). The average molecular weight is 433 g/mol. The Balaban J connectivity index is 1.65. The van der Waals surface area contributed by atoms with Gasteiger partial charge in [0.2, 0.25) is 11.8 Å². The highest BCUT2D eigenvalue weighted by Gasteiger charge is 2.25. The number of fused-ring (bicyclic) bond motifs is 1. The van der Waals surface area contributed by atoms with E-state index in [2.05, 4.69) is 31.2 Å². The summed E-state index contributed by atoms with van der Waals surface area (Å²) in [6.45, 7) is 5.03. The fourth-order valence-corrected chi connectivity index (χ4v) is 4.23. The Hall–Kier alpha value is -3.54. The fraction of sp³-hybridized carbons (Fsp3) is 0.308. The summed E-state index contributed by atoms with van der Waals surface area (Å²) >= 11 is 0. The summed E-state index contributed by atoms with van der Waals surface area (Å²) in [6.07, 6.45) is 4.61. The van der Waals surface area contributed by atoms with Crippen LogP contribution in [-0.2, 0) is 9.59 Å².